The van der Waals surface area contributed by atoms with Gasteiger partial charge in [0, 0.05) is 15.1 Å². The lowest BCUT2D eigenvalue weighted by Crippen LogP contribution is -2.44. The van der Waals surface area contributed by atoms with Crippen LogP contribution in [0.25, 0.3) is 0 Å². The Kier molecular flexibility index (Phi) is 5.26. The Morgan fingerprint density at radius 1 is 1.30 bits per heavy atom. The number of nitrogens with zero attached hydrogens (tertiary/aromatic N) is 1. The van der Waals surface area contributed by atoms with E-state index in [-0.39, 0.29) is 5.91 Å². The number of halogens is 2. The number of aliphatic carboxylic acids is 1. The summed E-state index contributed by atoms with van der Waals surface area (Å²) in [5.41, 5.74) is 0.478. The van der Waals surface area contributed by atoms with Crippen molar-refractivity contribution in [2.24, 2.45) is 0 Å². The first-order chi connectivity index (χ1) is 9.50. The van der Waals surface area contributed by atoms with Gasteiger partial charge in [-0.3, -0.25) is 4.79 Å². The SMILES string of the molecule is O=C(O)C1CCCCCN1C(=O)c1cc(Cl)ccc1I. The fourth-order valence-electron chi connectivity index (χ4n) is 2.42. The van der Waals surface area contributed by atoms with Gasteiger partial charge in [0.15, 0.2) is 0 Å². The van der Waals surface area contributed by atoms with Crippen LogP contribution in [0.15, 0.2) is 18.2 Å². The van der Waals surface area contributed by atoms with E-state index in [1.54, 1.807) is 18.2 Å². The van der Waals surface area contributed by atoms with Crippen LogP contribution in [0.1, 0.15) is 36.0 Å². The Balaban J connectivity index is 2.33. The molecule has 0 spiro atoms. The third-order valence-electron chi connectivity index (χ3n) is 3.46. The molecule has 1 N–H and O–H groups in total. The maximum Gasteiger partial charge on any atom is 0.326 e. The first-order valence-corrected chi connectivity index (χ1v) is 7.95. The minimum atomic E-state index is -0.933. The molecular weight excluding hydrogens is 393 g/mol. The van der Waals surface area contributed by atoms with Gasteiger partial charge in [0.1, 0.15) is 6.04 Å². The Morgan fingerprint density at radius 3 is 2.75 bits per heavy atom. The molecule has 1 aromatic rings. The summed E-state index contributed by atoms with van der Waals surface area (Å²) in [7, 11) is 0. The second-order valence-corrected chi connectivity index (χ2v) is 6.42. The number of hydrogen-bond donors (Lipinski definition) is 1. The Morgan fingerprint density at radius 2 is 2.05 bits per heavy atom. The molecule has 6 heteroatoms. The zero-order chi connectivity index (χ0) is 14.7. The first-order valence-electron chi connectivity index (χ1n) is 6.49. The molecule has 2 rings (SSSR count). The van der Waals surface area contributed by atoms with Crippen LogP contribution in [-0.4, -0.2) is 34.5 Å². The smallest absolute Gasteiger partial charge is 0.326 e. The summed E-state index contributed by atoms with van der Waals surface area (Å²) in [6.07, 6.45) is 3.15. The summed E-state index contributed by atoms with van der Waals surface area (Å²) in [6.45, 7) is 0.485. The van der Waals surface area contributed by atoms with Crippen molar-refractivity contribution in [1.82, 2.24) is 4.90 Å². The standard InChI is InChI=1S/C14H15ClINO3/c15-9-5-6-11(16)10(8-9)13(18)17-7-3-1-2-4-12(17)14(19)20/h5-6,8,12H,1-4,7H2,(H,19,20). The van der Waals surface area contributed by atoms with Gasteiger partial charge in [0.05, 0.1) is 5.56 Å². The summed E-state index contributed by atoms with van der Waals surface area (Å²) in [5, 5.41) is 9.81. The molecule has 1 aliphatic heterocycles. The lowest BCUT2D eigenvalue weighted by Gasteiger charge is -2.27. The molecule has 0 aromatic heterocycles. The highest BCUT2D eigenvalue weighted by atomic mass is 127. The van der Waals surface area contributed by atoms with Crippen molar-refractivity contribution < 1.29 is 14.7 Å². The number of carbonyl (C=O) groups excluding carboxylic acids is 1. The molecule has 0 radical (unpaired) electrons. The average Bonchev–Trinajstić information content (AvgIpc) is 2.66. The molecular formula is C14H15ClINO3. The zero-order valence-corrected chi connectivity index (χ0v) is 13.7. The van der Waals surface area contributed by atoms with Crippen LogP contribution < -0.4 is 0 Å². The number of carboxylic acids is 1. The number of amides is 1. The Labute approximate surface area is 136 Å². The van der Waals surface area contributed by atoms with Crippen molar-refractivity contribution in [3.05, 3.63) is 32.4 Å². The number of likely N-dealkylation sites (tertiary alicyclic amines) is 1. The van der Waals surface area contributed by atoms with Gasteiger partial charge in [-0.15, -0.1) is 0 Å². The van der Waals surface area contributed by atoms with Crippen molar-refractivity contribution in [2.75, 3.05) is 6.54 Å². The highest BCUT2D eigenvalue weighted by Crippen LogP contribution is 2.24. The second-order valence-electron chi connectivity index (χ2n) is 4.83. The fraction of sp³-hybridized carbons (Fsp3) is 0.429. The molecule has 0 aliphatic carbocycles. The van der Waals surface area contributed by atoms with E-state index in [0.29, 0.717) is 23.6 Å². The van der Waals surface area contributed by atoms with Crippen LogP contribution >= 0.6 is 34.2 Å². The summed E-state index contributed by atoms with van der Waals surface area (Å²) in [5.74, 6) is -1.18. The Bertz CT molecular complexity index is 535. The van der Waals surface area contributed by atoms with E-state index in [1.165, 1.54) is 4.90 Å². The van der Waals surface area contributed by atoms with Crippen LogP contribution in [0, 0.1) is 3.57 Å². The lowest BCUT2D eigenvalue weighted by molar-refractivity contribution is -0.142. The lowest BCUT2D eigenvalue weighted by atomic mass is 10.1. The summed E-state index contributed by atoms with van der Waals surface area (Å²) in [6, 6.07) is 4.36. The van der Waals surface area contributed by atoms with Gasteiger partial charge in [-0.25, -0.2) is 4.79 Å². The van der Waals surface area contributed by atoms with E-state index in [0.717, 1.165) is 22.8 Å². The number of carboxylic acid groups (broad SMARTS) is 1. The first kappa shape index (κ1) is 15.6. The molecule has 0 bridgehead atoms. The Hall–Kier alpha value is -0.820. The molecule has 1 heterocycles. The number of rotatable bonds is 2. The largest absolute Gasteiger partial charge is 0.480 e. The highest BCUT2D eigenvalue weighted by molar-refractivity contribution is 14.1. The van der Waals surface area contributed by atoms with Crippen LogP contribution in [0.4, 0.5) is 0 Å². The van der Waals surface area contributed by atoms with Crippen molar-refractivity contribution >= 4 is 46.1 Å². The third-order valence-corrected chi connectivity index (χ3v) is 4.63. The molecule has 1 aliphatic rings. The maximum absolute atomic E-state index is 12.6. The van der Waals surface area contributed by atoms with Crippen LogP contribution in [0.5, 0.6) is 0 Å². The molecule has 4 nitrogen and oxygen atoms in total. The van der Waals surface area contributed by atoms with Gasteiger partial charge in [-0.2, -0.15) is 0 Å². The zero-order valence-electron chi connectivity index (χ0n) is 10.8. The van der Waals surface area contributed by atoms with E-state index in [4.69, 9.17) is 11.6 Å². The van der Waals surface area contributed by atoms with Crippen LogP contribution in [-0.2, 0) is 4.79 Å². The predicted molar refractivity (Wildman–Crippen MR) is 85.1 cm³/mol. The molecule has 1 unspecified atom stereocenters. The number of benzene rings is 1. The van der Waals surface area contributed by atoms with Crippen molar-refractivity contribution in [1.29, 1.82) is 0 Å². The van der Waals surface area contributed by atoms with E-state index in [1.807, 2.05) is 0 Å². The maximum atomic E-state index is 12.6. The van der Waals surface area contributed by atoms with Crippen molar-refractivity contribution in [3.63, 3.8) is 0 Å². The van der Waals surface area contributed by atoms with Gasteiger partial charge in [0.25, 0.3) is 5.91 Å². The molecule has 108 valence electrons. The normalized spacial score (nSPS) is 19.5. The minimum Gasteiger partial charge on any atom is -0.480 e. The van der Waals surface area contributed by atoms with E-state index >= 15 is 0 Å². The van der Waals surface area contributed by atoms with E-state index in [2.05, 4.69) is 22.6 Å². The van der Waals surface area contributed by atoms with Crippen LogP contribution in [0.2, 0.25) is 5.02 Å². The number of carbonyl (C=O) groups is 2. The van der Waals surface area contributed by atoms with Gasteiger partial charge in [0.2, 0.25) is 0 Å². The molecule has 1 fully saturated rings. The van der Waals surface area contributed by atoms with E-state index < -0.39 is 12.0 Å². The van der Waals surface area contributed by atoms with Crippen molar-refractivity contribution in [3.8, 4) is 0 Å². The van der Waals surface area contributed by atoms with Gasteiger partial charge in [-0.1, -0.05) is 24.4 Å². The minimum absolute atomic E-state index is 0.244. The topological polar surface area (TPSA) is 57.6 Å². The summed E-state index contributed by atoms with van der Waals surface area (Å²) < 4.78 is 0.783. The summed E-state index contributed by atoms with van der Waals surface area (Å²) >= 11 is 8.01. The fourth-order valence-corrected chi connectivity index (χ4v) is 3.16. The molecule has 20 heavy (non-hydrogen) atoms. The molecule has 1 saturated heterocycles. The second kappa shape index (κ2) is 6.76. The number of hydrogen-bond acceptors (Lipinski definition) is 2. The summed E-state index contributed by atoms with van der Waals surface area (Å²) in [4.78, 5) is 25.5. The van der Waals surface area contributed by atoms with E-state index in [9.17, 15) is 14.7 Å². The van der Waals surface area contributed by atoms with Gasteiger partial charge >= 0.3 is 5.97 Å². The molecule has 1 aromatic carbocycles. The van der Waals surface area contributed by atoms with Gasteiger partial charge < -0.3 is 10.0 Å². The molecule has 0 saturated carbocycles. The monoisotopic (exact) mass is 407 g/mol. The van der Waals surface area contributed by atoms with Crippen molar-refractivity contribution in [2.45, 2.75) is 31.7 Å². The third kappa shape index (κ3) is 3.44. The quantitative estimate of drug-likeness (QED) is 0.764. The highest BCUT2D eigenvalue weighted by Gasteiger charge is 2.32. The molecule has 1 atom stereocenters. The van der Waals surface area contributed by atoms with Gasteiger partial charge in [-0.05, 0) is 53.6 Å². The molecule has 1 amide bonds. The predicted octanol–water partition coefficient (Wildman–Crippen LogP) is 3.41. The average molecular weight is 408 g/mol. The van der Waals surface area contributed by atoms with Crippen LogP contribution in [0.3, 0.4) is 0 Å².